The molecular weight excluding hydrogens is 362 g/mol. The predicted octanol–water partition coefficient (Wildman–Crippen LogP) is 6.35. The SMILES string of the molecule is Fc1ccc2c(c1)C1(CC3C(C1)C1CC3C3C4C=CC(C4)C13)c1cc(F)ccc1-2. The zero-order valence-corrected chi connectivity index (χ0v) is 16.3. The van der Waals surface area contributed by atoms with Crippen LogP contribution in [0.5, 0.6) is 0 Å². The van der Waals surface area contributed by atoms with Gasteiger partial charge in [0.2, 0.25) is 0 Å². The number of benzene rings is 2. The third kappa shape index (κ3) is 1.67. The zero-order valence-electron chi connectivity index (χ0n) is 16.3. The van der Waals surface area contributed by atoms with Crippen molar-refractivity contribution in [3.05, 3.63) is 71.3 Å². The Bertz CT molecular complexity index is 1030. The first-order valence-electron chi connectivity index (χ1n) is 11.4. The van der Waals surface area contributed by atoms with Gasteiger partial charge < -0.3 is 0 Å². The number of rotatable bonds is 0. The van der Waals surface area contributed by atoms with Crippen LogP contribution in [-0.4, -0.2) is 0 Å². The van der Waals surface area contributed by atoms with Gasteiger partial charge in [-0.05, 0) is 120 Å². The van der Waals surface area contributed by atoms with E-state index in [1.165, 1.54) is 12.8 Å². The molecule has 0 saturated heterocycles. The third-order valence-electron chi connectivity index (χ3n) is 10.2. The van der Waals surface area contributed by atoms with Crippen molar-refractivity contribution in [1.29, 1.82) is 0 Å². The van der Waals surface area contributed by atoms with Crippen LogP contribution in [0.2, 0.25) is 0 Å². The molecule has 4 fully saturated rings. The second kappa shape index (κ2) is 4.85. The van der Waals surface area contributed by atoms with Crippen LogP contribution in [0.3, 0.4) is 0 Å². The van der Waals surface area contributed by atoms with Crippen molar-refractivity contribution in [3.8, 4) is 11.1 Å². The maximum absolute atomic E-state index is 14.4. The quantitative estimate of drug-likeness (QED) is 0.366. The average molecular weight is 386 g/mol. The van der Waals surface area contributed by atoms with Gasteiger partial charge in [0.05, 0.1) is 0 Å². The molecule has 0 aromatic heterocycles. The summed E-state index contributed by atoms with van der Waals surface area (Å²) in [5, 5.41) is 0. The Morgan fingerprint density at radius 2 is 1.17 bits per heavy atom. The van der Waals surface area contributed by atoms with Crippen molar-refractivity contribution in [2.24, 2.45) is 47.3 Å². The van der Waals surface area contributed by atoms with E-state index in [0.717, 1.165) is 82.4 Å². The minimum absolute atomic E-state index is 0.157. The van der Waals surface area contributed by atoms with Gasteiger partial charge in [-0.25, -0.2) is 8.78 Å². The summed E-state index contributed by atoms with van der Waals surface area (Å²) in [5.41, 5.74) is 4.37. The number of fused-ring (bicyclic) bond motifs is 17. The van der Waals surface area contributed by atoms with Gasteiger partial charge in [0.1, 0.15) is 11.6 Å². The van der Waals surface area contributed by atoms with Gasteiger partial charge in [-0.3, -0.25) is 0 Å². The largest absolute Gasteiger partial charge is 0.207 e. The molecule has 6 aliphatic carbocycles. The van der Waals surface area contributed by atoms with Crippen molar-refractivity contribution in [1.82, 2.24) is 0 Å². The highest BCUT2D eigenvalue weighted by atomic mass is 19.1. The summed E-state index contributed by atoms with van der Waals surface area (Å²) in [7, 11) is 0. The molecule has 4 saturated carbocycles. The van der Waals surface area contributed by atoms with Crippen LogP contribution in [0.4, 0.5) is 8.78 Å². The molecule has 2 heteroatoms. The first-order chi connectivity index (χ1) is 14.1. The van der Waals surface area contributed by atoms with Crippen LogP contribution in [0.25, 0.3) is 11.1 Å². The van der Waals surface area contributed by atoms with Gasteiger partial charge in [0.25, 0.3) is 0 Å². The van der Waals surface area contributed by atoms with Crippen LogP contribution in [0.15, 0.2) is 48.6 Å². The molecule has 8 atom stereocenters. The van der Waals surface area contributed by atoms with Gasteiger partial charge in [-0.15, -0.1) is 0 Å². The Hall–Kier alpha value is -1.96. The number of halogens is 2. The smallest absolute Gasteiger partial charge is 0.123 e. The van der Waals surface area contributed by atoms with Gasteiger partial charge in [0.15, 0.2) is 0 Å². The fraction of sp³-hybridized carbons (Fsp3) is 0.481. The molecule has 0 radical (unpaired) electrons. The summed E-state index contributed by atoms with van der Waals surface area (Å²) in [5.74, 6) is 6.25. The molecule has 0 nitrogen and oxygen atoms in total. The molecule has 4 bridgehead atoms. The predicted molar refractivity (Wildman–Crippen MR) is 108 cm³/mol. The lowest BCUT2D eigenvalue weighted by atomic mass is 9.66. The van der Waals surface area contributed by atoms with Gasteiger partial charge in [0, 0.05) is 5.41 Å². The second-order valence-corrected chi connectivity index (χ2v) is 10.9. The fourth-order valence-corrected chi connectivity index (χ4v) is 9.66. The van der Waals surface area contributed by atoms with E-state index < -0.39 is 0 Å². The van der Waals surface area contributed by atoms with Crippen LogP contribution in [0.1, 0.15) is 36.8 Å². The molecule has 0 amide bonds. The summed E-state index contributed by atoms with van der Waals surface area (Å²) in [6.07, 6.45) is 10.0. The van der Waals surface area contributed by atoms with Gasteiger partial charge >= 0.3 is 0 Å². The van der Waals surface area contributed by atoms with Crippen molar-refractivity contribution in [3.63, 3.8) is 0 Å². The topological polar surface area (TPSA) is 0 Å². The molecule has 2 aromatic rings. The number of hydrogen-bond acceptors (Lipinski definition) is 0. The van der Waals surface area contributed by atoms with Crippen molar-refractivity contribution in [2.45, 2.75) is 31.1 Å². The van der Waals surface area contributed by atoms with Gasteiger partial charge in [-0.1, -0.05) is 24.3 Å². The Labute approximate surface area is 170 Å². The van der Waals surface area contributed by atoms with E-state index in [1.54, 1.807) is 24.3 Å². The van der Waals surface area contributed by atoms with Crippen LogP contribution in [-0.2, 0) is 5.41 Å². The molecule has 0 aliphatic heterocycles. The van der Waals surface area contributed by atoms with Crippen molar-refractivity contribution in [2.75, 3.05) is 0 Å². The van der Waals surface area contributed by atoms with Gasteiger partial charge in [-0.2, -0.15) is 0 Å². The van der Waals surface area contributed by atoms with Crippen LogP contribution in [0, 0.1) is 59.0 Å². The molecule has 1 spiro atoms. The lowest BCUT2D eigenvalue weighted by molar-refractivity contribution is 0.108. The Balaban J connectivity index is 1.29. The number of hydrogen-bond donors (Lipinski definition) is 0. The van der Waals surface area contributed by atoms with E-state index in [0.29, 0.717) is 0 Å². The molecule has 0 heterocycles. The molecule has 146 valence electrons. The average Bonchev–Trinajstić information content (AvgIpc) is 3.51. The fourth-order valence-electron chi connectivity index (χ4n) is 9.66. The van der Waals surface area contributed by atoms with Crippen molar-refractivity contribution < 1.29 is 8.78 Å². The second-order valence-electron chi connectivity index (χ2n) is 10.9. The highest BCUT2D eigenvalue weighted by Crippen LogP contribution is 2.75. The first-order valence-corrected chi connectivity index (χ1v) is 11.4. The summed E-state index contributed by atoms with van der Waals surface area (Å²) in [6, 6.07) is 10.5. The summed E-state index contributed by atoms with van der Waals surface area (Å²) < 4.78 is 28.7. The van der Waals surface area contributed by atoms with E-state index in [9.17, 15) is 8.78 Å². The zero-order chi connectivity index (χ0) is 19.1. The third-order valence-corrected chi connectivity index (χ3v) is 10.2. The summed E-state index contributed by atoms with van der Waals surface area (Å²) >= 11 is 0. The Kier molecular flexibility index (Phi) is 2.64. The minimum Gasteiger partial charge on any atom is -0.207 e. The molecule has 29 heavy (non-hydrogen) atoms. The number of allylic oxidation sites excluding steroid dienone is 2. The maximum atomic E-state index is 14.4. The molecule has 8 unspecified atom stereocenters. The van der Waals surface area contributed by atoms with E-state index in [4.69, 9.17) is 0 Å². The first kappa shape index (κ1) is 15.8. The molecule has 2 aromatic carbocycles. The van der Waals surface area contributed by atoms with E-state index in [-0.39, 0.29) is 17.0 Å². The van der Waals surface area contributed by atoms with E-state index in [1.807, 2.05) is 12.1 Å². The Morgan fingerprint density at radius 1 is 0.655 bits per heavy atom. The normalized spacial score (nSPS) is 43.1. The Morgan fingerprint density at radius 3 is 1.69 bits per heavy atom. The lowest BCUT2D eigenvalue weighted by Crippen LogP contribution is -2.34. The standard InChI is InChI=1S/C27H24F2/c28-15-3-5-17-18-6-4-16(29)9-24(18)27(23(17)8-15)11-21-19-10-20(22(21)12-27)26-14-2-1-13(7-14)25(19)26/h1-6,8-9,13-14,19-22,25-26H,7,10-12H2. The summed E-state index contributed by atoms with van der Waals surface area (Å²) in [4.78, 5) is 0. The van der Waals surface area contributed by atoms with Crippen molar-refractivity contribution >= 4 is 0 Å². The minimum atomic E-state index is -0.174. The van der Waals surface area contributed by atoms with Crippen LogP contribution < -0.4 is 0 Å². The van der Waals surface area contributed by atoms with Crippen LogP contribution >= 0.6 is 0 Å². The highest BCUT2D eigenvalue weighted by molar-refractivity contribution is 5.81. The van der Waals surface area contributed by atoms with E-state index >= 15 is 0 Å². The molecule has 8 rings (SSSR count). The van der Waals surface area contributed by atoms with E-state index in [2.05, 4.69) is 12.2 Å². The molecule has 0 N–H and O–H groups in total. The maximum Gasteiger partial charge on any atom is 0.123 e. The molecular formula is C27H24F2. The highest BCUT2D eigenvalue weighted by Gasteiger charge is 2.68. The lowest BCUT2D eigenvalue weighted by Gasteiger charge is -2.39. The monoisotopic (exact) mass is 386 g/mol. The summed E-state index contributed by atoms with van der Waals surface area (Å²) in [6.45, 7) is 0. The molecule has 6 aliphatic rings.